The van der Waals surface area contributed by atoms with Gasteiger partial charge >= 0.3 is 6.61 Å². The molecule has 0 radical (unpaired) electrons. The fourth-order valence-electron chi connectivity index (χ4n) is 3.72. The van der Waals surface area contributed by atoms with Crippen molar-refractivity contribution in [1.82, 2.24) is 4.98 Å². The molecule has 3 nitrogen and oxygen atoms in total. The van der Waals surface area contributed by atoms with Crippen molar-refractivity contribution in [1.29, 1.82) is 0 Å². The van der Waals surface area contributed by atoms with E-state index in [0.29, 0.717) is 6.42 Å². The van der Waals surface area contributed by atoms with Crippen LogP contribution in [0, 0.1) is 6.92 Å². The smallest absolute Gasteiger partial charge is 0.387 e. The predicted octanol–water partition coefficient (Wildman–Crippen LogP) is 5.77. The van der Waals surface area contributed by atoms with Gasteiger partial charge in [0.15, 0.2) is 0 Å². The number of nitrogen functional groups attached to an aromatic ring is 1. The van der Waals surface area contributed by atoms with E-state index in [1.165, 1.54) is 24.0 Å². The Morgan fingerprint density at radius 1 is 1.14 bits per heavy atom. The first-order chi connectivity index (χ1) is 13.5. The SMILES string of the molecule is Cc1cc(N)c(OC(F)F)cc1Cc1nc(-c2ccc3c(c2)CCCC3)cs1. The number of halogens is 2. The second-order valence-electron chi connectivity index (χ2n) is 7.19. The Morgan fingerprint density at radius 3 is 2.71 bits per heavy atom. The average Bonchev–Trinajstić information content (AvgIpc) is 3.13. The highest BCUT2D eigenvalue weighted by Gasteiger charge is 2.14. The molecule has 28 heavy (non-hydrogen) atoms. The number of alkyl halides is 2. The molecule has 0 atom stereocenters. The van der Waals surface area contributed by atoms with Gasteiger partial charge in [-0.25, -0.2) is 4.98 Å². The topological polar surface area (TPSA) is 48.1 Å². The van der Waals surface area contributed by atoms with Crippen molar-refractivity contribution in [2.24, 2.45) is 0 Å². The van der Waals surface area contributed by atoms with E-state index in [9.17, 15) is 8.78 Å². The minimum atomic E-state index is -2.90. The molecule has 0 saturated carbocycles. The Bertz CT molecular complexity index is 1000. The number of nitrogens with zero attached hydrogens (tertiary/aromatic N) is 1. The van der Waals surface area contributed by atoms with Crippen LogP contribution < -0.4 is 10.5 Å². The molecule has 2 N–H and O–H groups in total. The van der Waals surface area contributed by atoms with E-state index >= 15 is 0 Å². The van der Waals surface area contributed by atoms with Crippen molar-refractivity contribution in [3.05, 3.63) is 63.0 Å². The van der Waals surface area contributed by atoms with Gasteiger partial charge in [0.2, 0.25) is 0 Å². The molecular weight excluding hydrogens is 378 g/mol. The number of aryl methyl sites for hydroxylation is 3. The zero-order chi connectivity index (χ0) is 19.7. The van der Waals surface area contributed by atoms with Crippen LogP contribution in [0.1, 0.15) is 40.1 Å². The third-order valence-corrected chi connectivity index (χ3v) is 6.07. The number of thiazole rings is 1. The molecule has 3 aromatic rings. The minimum absolute atomic E-state index is 0.0158. The molecule has 0 saturated heterocycles. The monoisotopic (exact) mass is 400 g/mol. The largest absolute Gasteiger partial charge is 0.433 e. The second kappa shape index (κ2) is 7.87. The molecule has 0 fully saturated rings. The van der Waals surface area contributed by atoms with E-state index in [4.69, 9.17) is 10.7 Å². The van der Waals surface area contributed by atoms with Gasteiger partial charge < -0.3 is 10.5 Å². The number of ether oxygens (including phenoxy) is 1. The first kappa shape index (κ1) is 18.9. The molecule has 6 heteroatoms. The van der Waals surface area contributed by atoms with Crippen LogP contribution in [0.5, 0.6) is 5.75 Å². The summed E-state index contributed by atoms with van der Waals surface area (Å²) >= 11 is 1.58. The van der Waals surface area contributed by atoms with Gasteiger partial charge in [0.1, 0.15) is 5.75 Å². The molecule has 2 aromatic carbocycles. The molecule has 0 amide bonds. The standard InChI is InChI=1S/C22H22F2N2OS/c1-13-8-18(25)20(27-22(23)24)10-17(13)11-21-26-19(12-28-21)16-7-6-14-4-2-3-5-15(14)9-16/h6-10,12,22H,2-5,11,25H2,1H3. The molecule has 4 rings (SSSR count). The normalized spacial score (nSPS) is 13.6. The third-order valence-electron chi connectivity index (χ3n) is 5.22. The van der Waals surface area contributed by atoms with Crippen molar-refractivity contribution in [2.45, 2.75) is 45.6 Å². The van der Waals surface area contributed by atoms with Crippen LogP contribution in [0.15, 0.2) is 35.7 Å². The lowest BCUT2D eigenvalue weighted by atomic mass is 9.90. The van der Waals surface area contributed by atoms with Gasteiger partial charge in [-0.15, -0.1) is 11.3 Å². The van der Waals surface area contributed by atoms with Gasteiger partial charge in [-0.1, -0.05) is 12.1 Å². The number of nitrogens with two attached hydrogens (primary N) is 1. The number of aromatic nitrogens is 1. The second-order valence-corrected chi connectivity index (χ2v) is 8.13. The number of rotatable bonds is 5. The van der Waals surface area contributed by atoms with E-state index in [2.05, 4.69) is 28.3 Å². The first-order valence-electron chi connectivity index (χ1n) is 9.40. The number of anilines is 1. The number of hydrogen-bond acceptors (Lipinski definition) is 4. The molecule has 0 spiro atoms. The van der Waals surface area contributed by atoms with Crippen molar-refractivity contribution in [3.8, 4) is 17.0 Å². The Labute approximate surface area is 167 Å². The average molecular weight is 400 g/mol. The van der Waals surface area contributed by atoms with Crippen molar-refractivity contribution in [2.75, 3.05) is 5.73 Å². The zero-order valence-electron chi connectivity index (χ0n) is 15.7. The lowest BCUT2D eigenvalue weighted by Crippen LogP contribution is -2.06. The number of fused-ring (bicyclic) bond motifs is 1. The van der Waals surface area contributed by atoms with Gasteiger partial charge in [-0.05, 0) is 73.1 Å². The van der Waals surface area contributed by atoms with Crippen molar-refractivity contribution < 1.29 is 13.5 Å². The highest BCUT2D eigenvalue weighted by molar-refractivity contribution is 7.10. The van der Waals surface area contributed by atoms with E-state index in [-0.39, 0.29) is 11.4 Å². The number of benzene rings is 2. The van der Waals surface area contributed by atoms with Gasteiger partial charge in [-0.2, -0.15) is 8.78 Å². The summed E-state index contributed by atoms with van der Waals surface area (Å²) in [4.78, 5) is 4.78. The van der Waals surface area contributed by atoms with Crippen LogP contribution in [0.4, 0.5) is 14.5 Å². The summed E-state index contributed by atoms with van der Waals surface area (Å²) in [5.41, 5.74) is 12.8. The van der Waals surface area contributed by atoms with Crippen LogP contribution in [0.25, 0.3) is 11.3 Å². The van der Waals surface area contributed by atoms with E-state index in [1.54, 1.807) is 23.5 Å². The summed E-state index contributed by atoms with van der Waals surface area (Å²) in [5.74, 6) is 0.0158. The fourth-order valence-corrected chi connectivity index (χ4v) is 4.55. The Balaban J connectivity index is 1.57. The molecule has 146 valence electrons. The molecule has 1 heterocycles. The van der Waals surface area contributed by atoms with Crippen LogP contribution in [-0.4, -0.2) is 11.6 Å². The Kier molecular flexibility index (Phi) is 5.31. The molecular formula is C22H22F2N2OS. The van der Waals surface area contributed by atoms with Gasteiger partial charge in [0.05, 0.1) is 16.4 Å². The van der Waals surface area contributed by atoms with E-state index in [0.717, 1.165) is 40.2 Å². The third kappa shape index (κ3) is 4.02. The van der Waals surface area contributed by atoms with Gasteiger partial charge in [0, 0.05) is 17.4 Å². The summed E-state index contributed by atoms with van der Waals surface area (Å²) in [6.07, 6.45) is 5.38. The molecule has 0 unspecified atom stereocenters. The van der Waals surface area contributed by atoms with E-state index < -0.39 is 6.61 Å². The summed E-state index contributed by atoms with van der Waals surface area (Å²) in [7, 11) is 0. The lowest BCUT2D eigenvalue weighted by Gasteiger charge is -2.16. The zero-order valence-corrected chi connectivity index (χ0v) is 16.5. The van der Waals surface area contributed by atoms with Gasteiger partial charge in [0.25, 0.3) is 0 Å². The maximum atomic E-state index is 12.6. The quantitative estimate of drug-likeness (QED) is 0.553. The predicted molar refractivity (Wildman–Crippen MR) is 109 cm³/mol. The number of hydrogen-bond donors (Lipinski definition) is 1. The molecule has 0 aliphatic heterocycles. The maximum Gasteiger partial charge on any atom is 0.387 e. The molecule has 1 aromatic heterocycles. The molecule has 1 aliphatic carbocycles. The summed E-state index contributed by atoms with van der Waals surface area (Å²) in [6, 6.07) is 9.89. The molecule has 1 aliphatic rings. The summed E-state index contributed by atoms with van der Waals surface area (Å²) in [6.45, 7) is -0.983. The Morgan fingerprint density at radius 2 is 1.93 bits per heavy atom. The maximum absolute atomic E-state index is 12.6. The Hall–Kier alpha value is -2.47. The van der Waals surface area contributed by atoms with Crippen LogP contribution in [0.2, 0.25) is 0 Å². The highest BCUT2D eigenvalue weighted by atomic mass is 32.1. The minimum Gasteiger partial charge on any atom is -0.433 e. The lowest BCUT2D eigenvalue weighted by molar-refractivity contribution is -0.0493. The first-order valence-corrected chi connectivity index (χ1v) is 10.3. The summed E-state index contributed by atoms with van der Waals surface area (Å²) in [5, 5.41) is 2.99. The molecule has 0 bridgehead atoms. The fraction of sp³-hybridized carbons (Fsp3) is 0.318. The van der Waals surface area contributed by atoms with Gasteiger partial charge in [-0.3, -0.25) is 0 Å². The van der Waals surface area contributed by atoms with Crippen LogP contribution in [-0.2, 0) is 19.3 Å². The van der Waals surface area contributed by atoms with Crippen molar-refractivity contribution >= 4 is 17.0 Å². The van der Waals surface area contributed by atoms with Crippen LogP contribution in [0.3, 0.4) is 0 Å². The highest BCUT2D eigenvalue weighted by Crippen LogP contribution is 2.31. The van der Waals surface area contributed by atoms with Crippen LogP contribution >= 0.6 is 11.3 Å². The van der Waals surface area contributed by atoms with E-state index in [1.807, 2.05) is 6.92 Å². The summed E-state index contributed by atoms with van der Waals surface area (Å²) < 4.78 is 29.7. The van der Waals surface area contributed by atoms with Crippen molar-refractivity contribution in [3.63, 3.8) is 0 Å².